The van der Waals surface area contributed by atoms with Crippen LogP contribution in [0.3, 0.4) is 0 Å². The minimum absolute atomic E-state index is 0.0214. The lowest BCUT2D eigenvalue weighted by Gasteiger charge is -2.07. The number of Topliss-reactive ketones (excluding diaryl/α,β-unsaturated/α-hetero) is 1. The van der Waals surface area contributed by atoms with Gasteiger partial charge in [0.15, 0.2) is 5.78 Å². The molecule has 1 aromatic rings. The molecule has 0 saturated carbocycles. The molecule has 0 aliphatic rings. The monoisotopic (exact) mass is 270 g/mol. The molecule has 0 atom stereocenters. The molecule has 1 aromatic carbocycles. The molecule has 0 bridgehead atoms. The van der Waals surface area contributed by atoms with Gasteiger partial charge in [0.05, 0.1) is 6.10 Å². The summed E-state index contributed by atoms with van der Waals surface area (Å²) in [7, 11) is 0. The molecule has 0 aliphatic heterocycles. The average Bonchev–Trinajstić information content (AvgIpc) is 2.12. The third-order valence-corrected chi connectivity index (χ3v) is 2.37. The molecule has 0 aromatic heterocycles. The van der Waals surface area contributed by atoms with E-state index in [0.717, 1.165) is 10.0 Å². The fourth-order valence-electron chi connectivity index (χ4n) is 1.22. The van der Waals surface area contributed by atoms with Gasteiger partial charge < -0.3 is 4.74 Å². The minimum atomic E-state index is 0.0214. The zero-order chi connectivity index (χ0) is 11.4. The van der Waals surface area contributed by atoms with E-state index in [1.807, 2.05) is 39.0 Å². The molecule has 82 valence electrons. The number of halogens is 1. The Bertz CT molecular complexity index is 338. The molecule has 0 heterocycles. The molecule has 0 amide bonds. The van der Waals surface area contributed by atoms with Gasteiger partial charge in [-0.15, -0.1) is 0 Å². The van der Waals surface area contributed by atoms with Gasteiger partial charge in [0, 0.05) is 10.0 Å². The molecule has 0 spiro atoms. The lowest BCUT2D eigenvalue weighted by molar-refractivity contribution is 0.0584. The second-order valence-electron chi connectivity index (χ2n) is 3.80. The van der Waals surface area contributed by atoms with E-state index < -0.39 is 0 Å². The third kappa shape index (κ3) is 4.14. The summed E-state index contributed by atoms with van der Waals surface area (Å²) < 4.78 is 6.20. The molecule has 0 N–H and O–H groups in total. The van der Waals surface area contributed by atoms with Crippen LogP contribution in [0.25, 0.3) is 0 Å². The molecular weight excluding hydrogens is 256 g/mol. The second kappa shape index (κ2) is 5.42. The van der Waals surface area contributed by atoms with Gasteiger partial charge in [0.2, 0.25) is 0 Å². The van der Waals surface area contributed by atoms with E-state index in [9.17, 15) is 4.79 Å². The van der Waals surface area contributed by atoms with Crippen molar-refractivity contribution in [1.29, 1.82) is 0 Å². The highest BCUT2D eigenvalue weighted by molar-refractivity contribution is 9.10. The Morgan fingerprint density at radius 2 is 2.07 bits per heavy atom. The minimum Gasteiger partial charge on any atom is -0.371 e. The predicted octanol–water partition coefficient (Wildman–Crippen LogP) is 3.37. The van der Waals surface area contributed by atoms with Crippen molar-refractivity contribution in [3.05, 3.63) is 33.8 Å². The van der Waals surface area contributed by atoms with Crippen molar-refractivity contribution in [2.45, 2.75) is 26.9 Å². The Labute approximate surface area is 98.8 Å². The Hall–Kier alpha value is -0.670. The van der Waals surface area contributed by atoms with Crippen molar-refractivity contribution in [2.75, 3.05) is 6.61 Å². The van der Waals surface area contributed by atoms with Crippen LogP contribution in [-0.4, -0.2) is 18.5 Å². The predicted molar refractivity (Wildman–Crippen MR) is 64.3 cm³/mol. The number of carbonyl (C=O) groups excluding carboxylic acids is 1. The molecule has 0 fully saturated rings. The van der Waals surface area contributed by atoms with Crippen LogP contribution in [0.4, 0.5) is 0 Å². The number of aryl methyl sites for hydroxylation is 1. The number of hydrogen-bond acceptors (Lipinski definition) is 2. The Morgan fingerprint density at radius 1 is 1.40 bits per heavy atom. The highest BCUT2D eigenvalue weighted by Crippen LogP contribution is 2.15. The van der Waals surface area contributed by atoms with Crippen molar-refractivity contribution in [2.24, 2.45) is 0 Å². The van der Waals surface area contributed by atoms with Gasteiger partial charge in [-0.05, 0) is 44.5 Å². The van der Waals surface area contributed by atoms with Crippen LogP contribution in [0.5, 0.6) is 0 Å². The van der Waals surface area contributed by atoms with Gasteiger partial charge in [0.1, 0.15) is 6.61 Å². The van der Waals surface area contributed by atoms with E-state index >= 15 is 0 Å². The van der Waals surface area contributed by atoms with E-state index in [2.05, 4.69) is 15.9 Å². The number of ether oxygens (including phenoxy) is 1. The topological polar surface area (TPSA) is 26.3 Å². The molecule has 0 radical (unpaired) electrons. The maximum Gasteiger partial charge on any atom is 0.188 e. The van der Waals surface area contributed by atoms with Crippen LogP contribution in [-0.2, 0) is 4.74 Å². The van der Waals surface area contributed by atoms with Crippen LogP contribution in [0.1, 0.15) is 29.8 Å². The fraction of sp³-hybridized carbons (Fsp3) is 0.417. The molecule has 1 rings (SSSR count). The summed E-state index contributed by atoms with van der Waals surface area (Å²) in [5.41, 5.74) is 1.76. The first kappa shape index (κ1) is 12.4. The first-order valence-electron chi connectivity index (χ1n) is 4.91. The number of carbonyl (C=O) groups is 1. The summed E-state index contributed by atoms with van der Waals surface area (Å²) in [5, 5.41) is 0. The van der Waals surface area contributed by atoms with E-state index in [1.54, 1.807) is 0 Å². The third-order valence-electron chi connectivity index (χ3n) is 1.91. The lowest BCUT2D eigenvalue weighted by Crippen LogP contribution is -2.13. The quantitative estimate of drug-likeness (QED) is 0.785. The summed E-state index contributed by atoms with van der Waals surface area (Å²) in [6, 6.07) is 5.66. The zero-order valence-electron chi connectivity index (χ0n) is 9.21. The van der Waals surface area contributed by atoms with Crippen LogP contribution < -0.4 is 0 Å². The van der Waals surface area contributed by atoms with E-state index in [4.69, 9.17) is 4.74 Å². The van der Waals surface area contributed by atoms with Crippen molar-refractivity contribution in [3.8, 4) is 0 Å². The second-order valence-corrected chi connectivity index (χ2v) is 4.72. The fourth-order valence-corrected chi connectivity index (χ4v) is 1.83. The summed E-state index contributed by atoms with van der Waals surface area (Å²) >= 11 is 3.37. The van der Waals surface area contributed by atoms with Crippen LogP contribution >= 0.6 is 15.9 Å². The lowest BCUT2D eigenvalue weighted by atomic mass is 10.1. The van der Waals surface area contributed by atoms with Crippen molar-refractivity contribution >= 4 is 21.7 Å². The van der Waals surface area contributed by atoms with Crippen molar-refractivity contribution in [3.63, 3.8) is 0 Å². The van der Waals surface area contributed by atoms with Gasteiger partial charge in [-0.25, -0.2) is 0 Å². The molecule has 0 saturated heterocycles. The summed E-state index contributed by atoms with van der Waals surface area (Å²) in [5.74, 6) is 0.0214. The van der Waals surface area contributed by atoms with E-state index in [0.29, 0.717) is 5.56 Å². The maximum absolute atomic E-state index is 11.7. The molecule has 2 nitrogen and oxygen atoms in total. The van der Waals surface area contributed by atoms with Gasteiger partial charge >= 0.3 is 0 Å². The number of rotatable bonds is 4. The normalized spacial score (nSPS) is 10.7. The maximum atomic E-state index is 11.7. The van der Waals surface area contributed by atoms with E-state index in [1.165, 1.54) is 0 Å². The summed E-state index contributed by atoms with van der Waals surface area (Å²) in [6.45, 7) is 5.94. The molecule has 3 heteroatoms. The standard InChI is InChI=1S/C12H15BrO2/c1-8(2)15-7-12(14)10-4-9(3)5-11(13)6-10/h4-6,8H,7H2,1-3H3. The Morgan fingerprint density at radius 3 is 2.60 bits per heavy atom. The average molecular weight is 271 g/mol. The first-order valence-corrected chi connectivity index (χ1v) is 5.70. The van der Waals surface area contributed by atoms with E-state index in [-0.39, 0.29) is 18.5 Å². The Balaban J connectivity index is 2.73. The Kier molecular flexibility index (Phi) is 4.48. The van der Waals surface area contributed by atoms with Crippen molar-refractivity contribution < 1.29 is 9.53 Å². The van der Waals surface area contributed by atoms with Gasteiger partial charge in [0.25, 0.3) is 0 Å². The van der Waals surface area contributed by atoms with Gasteiger partial charge in [-0.3, -0.25) is 4.79 Å². The van der Waals surface area contributed by atoms with Gasteiger partial charge in [-0.1, -0.05) is 15.9 Å². The number of ketones is 1. The highest BCUT2D eigenvalue weighted by Gasteiger charge is 2.08. The number of hydrogen-bond donors (Lipinski definition) is 0. The summed E-state index contributed by atoms with van der Waals surface area (Å²) in [4.78, 5) is 11.7. The molecule has 0 aliphatic carbocycles. The molecule has 0 unspecified atom stereocenters. The van der Waals surface area contributed by atoms with Crippen molar-refractivity contribution in [1.82, 2.24) is 0 Å². The molecule has 15 heavy (non-hydrogen) atoms. The zero-order valence-corrected chi connectivity index (χ0v) is 10.8. The highest BCUT2D eigenvalue weighted by atomic mass is 79.9. The molecular formula is C12H15BrO2. The largest absolute Gasteiger partial charge is 0.371 e. The van der Waals surface area contributed by atoms with Gasteiger partial charge in [-0.2, -0.15) is 0 Å². The SMILES string of the molecule is Cc1cc(Br)cc(C(=O)COC(C)C)c1. The van der Waals surface area contributed by atoms with Crippen LogP contribution in [0.2, 0.25) is 0 Å². The first-order chi connectivity index (χ1) is 6.99. The number of benzene rings is 1. The smallest absolute Gasteiger partial charge is 0.188 e. The van der Waals surface area contributed by atoms with Crippen LogP contribution in [0.15, 0.2) is 22.7 Å². The van der Waals surface area contributed by atoms with Crippen LogP contribution in [0, 0.1) is 6.92 Å². The summed E-state index contributed by atoms with van der Waals surface area (Å²) in [6.07, 6.45) is 0.0854.